The van der Waals surface area contributed by atoms with Gasteiger partial charge in [-0.2, -0.15) is 15.0 Å². The highest BCUT2D eigenvalue weighted by atomic mass is 35.5. The van der Waals surface area contributed by atoms with Gasteiger partial charge in [-0.25, -0.2) is 0 Å². The molecule has 0 amide bonds. The summed E-state index contributed by atoms with van der Waals surface area (Å²) in [6.07, 6.45) is 2.72. The van der Waals surface area contributed by atoms with Gasteiger partial charge in [0.1, 0.15) is 0 Å². The first-order valence-electron chi connectivity index (χ1n) is 5.24. The van der Waals surface area contributed by atoms with Crippen molar-refractivity contribution >= 4 is 17.3 Å². The summed E-state index contributed by atoms with van der Waals surface area (Å²) in [5.74, 6) is 0.224. The third-order valence-electron chi connectivity index (χ3n) is 2.24. The van der Waals surface area contributed by atoms with E-state index in [0.717, 1.165) is 11.4 Å². The Morgan fingerprint density at radius 3 is 2.47 bits per heavy atom. The number of anilines is 1. The maximum absolute atomic E-state index is 9.31. The zero-order valence-corrected chi connectivity index (χ0v) is 9.88. The molecule has 1 aromatic heterocycles. The van der Waals surface area contributed by atoms with Crippen LogP contribution in [0.5, 0.6) is 0 Å². The summed E-state index contributed by atoms with van der Waals surface area (Å²) in [4.78, 5) is 1.54. The topological polar surface area (TPSA) is 63.0 Å². The van der Waals surface area contributed by atoms with Crippen molar-refractivity contribution in [3.8, 4) is 5.69 Å². The Labute approximate surface area is 104 Å². The number of nitrogens with zero attached hydrogens (tertiary/aromatic N) is 3. The van der Waals surface area contributed by atoms with Crippen molar-refractivity contribution in [1.82, 2.24) is 15.0 Å². The van der Waals surface area contributed by atoms with E-state index in [2.05, 4.69) is 15.5 Å². The highest BCUT2D eigenvalue weighted by Gasteiger charge is 2.02. The van der Waals surface area contributed by atoms with Crippen molar-refractivity contribution in [2.75, 3.05) is 17.7 Å². The first-order valence-corrected chi connectivity index (χ1v) is 5.77. The van der Waals surface area contributed by atoms with E-state index < -0.39 is 6.10 Å². The minimum absolute atomic E-state index is 0.224. The molecule has 2 rings (SSSR count). The zero-order valence-electron chi connectivity index (χ0n) is 9.12. The van der Waals surface area contributed by atoms with Gasteiger partial charge in [-0.15, -0.1) is 11.6 Å². The Balaban J connectivity index is 1.99. The lowest BCUT2D eigenvalue weighted by Crippen LogP contribution is -2.20. The average molecular weight is 253 g/mol. The normalized spacial score (nSPS) is 12.4. The van der Waals surface area contributed by atoms with E-state index in [1.165, 1.54) is 4.80 Å². The summed E-state index contributed by atoms with van der Waals surface area (Å²) in [5.41, 5.74) is 1.81. The molecule has 1 heterocycles. The summed E-state index contributed by atoms with van der Waals surface area (Å²) < 4.78 is 0. The van der Waals surface area contributed by atoms with Crippen LogP contribution in [0.2, 0.25) is 0 Å². The highest BCUT2D eigenvalue weighted by molar-refractivity contribution is 6.18. The number of aliphatic hydroxyl groups excluding tert-OH is 1. The Hall–Kier alpha value is -1.59. The number of aromatic nitrogens is 3. The molecular formula is C11H13ClN4O. The van der Waals surface area contributed by atoms with Crippen molar-refractivity contribution in [3.63, 3.8) is 0 Å². The maximum Gasteiger partial charge on any atom is 0.0858 e. The van der Waals surface area contributed by atoms with Crippen LogP contribution in [-0.4, -0.2) is 38.6 Å². The summed E-state index contributed by atoms with van der Waals surface area (Å²) >= 11 is 5.50. The number of hydrogen-bond donors (Lipinski definition) is 2. The first-order chi connectivity index (χ1) is 8.29. The predicted octanol–water partition coefficient (Wildman–Crippen LogP) is 1.28. The van der Waals surface area contributed by atoms with Crippen LogP contribution >= 0.6 is 11.6 Å². The highest BCUT2D eigenvalue weighted by Crippen LogP contribution is 2.11. The van der Waals surface area contributed by atoms with E-state index in [1.807, 2.05) is 24.3 Å². The number of halogens is 1. The van der Waals surface area contributed by atoms with Crippen LogP contribution in [0.4, 0.5) is 5.69 Å². The van der Waals surface area contributed by atoms with Gasteiger partial charge >= 0.3 is 0 Å². The predicted molar refractivity (Wildman–Crippen MR) is 66.6 cm³/mol. The smallest absolute Gasteiger partial charge is 0.0858 e. The summed E-state index contributed by atoms with van der Waals surface area (Å²) in [5, 5.41) is 20.5. The molecule has 0 aliphatic carbocycles. The third-order valence-corrected chi connectivity index (χ3v) is 2.59. The largest absolute Gasteiger partial charge is 0.390 e. The lowest BCUT2D eigenvalue weighted by Gasteiger charge is -2.10. The maximum atomic E-state index is 9.31. The third kappa shape index (κ3) is 3.18. The molecule has 0 bridgehead atoms. The van der Waals surface area contributed by atoms with Crippen molar-refractivity contribution in [3.05, 3.63) is 36.7 Å². The fraction of sp³-hybridized carbons (Fsp3) is 0.273. The molecule has 1 atom stereocenters. The number of aliphatic hydroxyl groups is 1. The van der Waals surface area contributed by atoms with E-state index in [1.54, 1.807) is 12.4 Å². The Morgan fingerprint density at radius 2 is 1.88 bits per heavy atom. The molecule has 5 nitrogen and oxygen atoms in total. The van der Waals surface area contributed by atoms with Crippen LogP contribution in [0.25, 0.3) is 5.69 Å². The van der Waals surface area contributed by atoms with Crippen LogP contribution in [-0.2, 0) is 0 Å². The number of alkyl halides is 1. The lowest BCUT2D eigenvalue weighted by atomic mass is 10.2. The molecule has 1 aromatic carbocycles. The first kappa shape index (κ1) is 11.9. The fourth-order valence-corrected chi connectivity index (χ4v) is 1.46. The van der Waals surface area contributed by atoms with Crippen molar-refractivity contribution < 1.29 is 5.11 Å². The zero-order chi connectivity index (χ0) is 12.1. The molecule has 17 heavy (non-hydrogen) atoms. The quantitative estimate of drug-likeness (QED) is 0.787. The number of hydrogen-bond acceptors (Lipinski definition) is 4. The van der Waals surface area contributed by atoms with E-state index in [-0.39, 0.29) is 5.88 Å². The standard InChI is InChI=1S/C11H13ClN4O/c12-7-11(17)8-13-9-1-3-10(4-2-9)16-14-5-6-15-16/h1-6,11,13,17H,7-8H2. The molecule has 0 saturated heterocycles. The van der Waals surface area contributed by atoms with Gasteiger partial charge in [0.2, 0.25) is 0 Å². The van der Waals surface area contributed by atoms with Gasteiger partial charge in [-0.3, -0.25) is 0 Å². The second-order valence-electron chi connectivity index (χ2n) is 3.55. The average Bonchev–Trinajstić information content (AvgIpc) is 2.90. The van der Waals surface area contributed by atoms with E-state index >= 15 is 0 Å². The Morgan fingerprint density at radius 1 is 1.24 bits per heavy atom. The number of benzene rings is 1. The molecule has 0 aliphatic rings. The second-order valence-corrected chi connectivity index (χ2v) is 3.86. The lowest BCUT2D eigenvalue weighted by molar-refractivity contribution is 0.211. The van der Waals surface area contributed by atoms with Gasteiger partial charge in [-0.1, -0.05) is 0 Å². The Kier molecular flexibility index (Phi) is 3.95. The van der Waals surface area contributed by atoms with Gasteiger partial charge in [0.15, 0.2) is 0 Å². The monoisotopic (exact) mass is 252 g/mol. The summed E-state index contributed by atoms with van der Waals surface area (Å²) in [6, 6.07) is 7.60. The molecule has 0 aliphatic heterocycles. The SMILES string of the molecule is OC(CCl)CNc1ccc(-n2nccn2)cc1. The summed E-state index contributed by atoms with van der Waals surface area (Å²) in [6.45, 7) is 0.433. The van der Waals surface area contributed by atoms with Gasteiger partial charge in [0.25, 0.3) is 0 Å². The van der Waals surface area contributed by atoms with Crippen molar-refractivity contribution in [1.29, 1.82) is 0 Å². The summed E-state index contributed by atoms with van der Waals surface area (Å²) in [7, 11) is 0. The van der Waals surface area contributed by atoms with Crippen LogP contribution in [0.15, 0.2) is 36.7 Å². The molecule has 90 valence electrons. The van der Waals surface area contributed by atoms with Crippen LogP contribution in [0.1, 0.15) is 0 Å². The molecule has 2 N–H and O–H groups in total. The molecule has 6 heteroatoms. The van der Waals surface area contributed by atoms with E-state index in [0.29, 0.717) is 6.54 Å². The van der Waals surface area contributed by atoms with Crippen molar-refractivity contribution in [2.45, 2.75) is 6.10 Å². The van der Waals surface area contributed by atoms with Crippen LogP contribution in [0.3, 0.4) is 0 Å². The van der Waals surface area contributed by atoms with Gasteiger partial charge in [0.05, 0.1) is 30.1 Å². The molecule has 1 unspecified atom stereocenters. The van der Waals surface area contributed by atoms with E-state index in [9.17, 15) is 5.11 Å². The molecular weight excluding hydrogens is 240 g/mol. The molecule has 0 radical (unpaired) electrons. The van der Waals surface area contributed by atoms with E-state index in [4.69, 9.17) is 11.6 Å². The molecule has 0 spiro atoms. The van der Waals surface area contributed by atoms with Crippen LogP contribution in [0, 0.1) is 0 Å². The van der Waals surface area contributed by atoms with Gasteiger partial charge in [0, 0.05) is 12.2 Å². The minimum Gasteiger partial charge on any atom is -0.390 e. The second kappa shape index (κ2) is 5.65. The minimum atomic E-state index is -0.538. The van der Waals surface area contributed by atoms with Gasteiger partial charge in [-0.05, 0) is 24.3 Å². The van der Waals surface area contributed by atoms with Gasteiger partial charge < -0.3 is 10.4 Å². The molecule has 2 aromatic rings. The molecule has 0 fully saturated rings. The number of nitrogens with one attached hydrogen (secondary N) is 1. The fourth-order valence-electron chi connectivity index (χ4n) is 1.35. The number of rotatable bonds is 5. The molecule has 0 saturated carbocycles. The van der Waals surface area contributed by atoms with Crippen LogP contribution < -0.4 is 5.32 Å². The Bertz CT molecular complexity index is 443. The van der Waals surface area contributed by atoms with Crippen molar-refractivity contribution in [2.24, 2.45) is 0 Å².